The highest BCUT2D eigenvalue weighted by atomic mass is 19.3. The lowest BCUT2D eigenvalue weighted by Crippen LogP contribution is -2.62. The number of amides is 4. The van der Waals surface area contributed by atoms with Crippen molar-refractivity contribution < 1.29 is 37.7 Å². The molecule has 7 heterocycles. The summed E-state index contributed by atoms with van der Waals surface area (Å²) in [6, 6.07) is 8.03. The van der Waals surface area contributed by atoms with Crippen LogP contribution in [0.15, 0.2) is 42.7 Å². The first-order valence-electron chi connectivity index (χ1n) is 22.9. The van der Waals surface area contributed by atoms with Crippen molar-refractivity contribution in [2.45, 2.75) is 128 Å². The lowest BCUT2D eigenvalue weighted by molar-refractivity contribution is -0.840. The number of benzene rings is 2. The van der Waals surface area contributed by atoms with Crippen LogP contribution < -0.4 is 10.2 Å². The van der Waals surface area contributed by atoms with E-state index in [-0.39, 0.29) is 48.7 Å². The zero-order chi connectivity index (χ0) is 44.9. The van der Waals surface area contributed by atoms with Crippen molar-refractivity contribution in [1.82, 2.24) is 34.7 Å². The second-order valence-electron chi connectivity index (χ2n) is 18.3. The van der Waals surface area contributed by atoms with Gasteiger partial charge in [0.1, 0.15) is 12.6 Å². The number of hydrogen-bond donors (Lipinski definition) is 2. The van der Waals surface area contributed by atoms with Gasteiger partial charge in [0.05, 0.1) is 24.3 Å². The Morgan fingerprint density at radius 2 is 1.77 bits per heavy atom. The number of halogens is 2. The van der Waals surface area contributed by atoms with Gasteiger partial charge < -0.3 is 30.3 Å². The largest absolute Gasteiger partial charge is 0.624 e. The van der Waals surface area contributed by atoms with Gasteiger partial charge in [0.25, 0.3) is 6.43 Å². The molecule has 340 valence electrons. The third-order valence-corrected chi connectivity index (χ3v) is 14.3. The first kappa shape index (κ1) is 43.7. The highest BCUT2D eigenvalue weighted by molar-refractivity contribution is 5.94. The number of anilines is 2. The number of nitrogens with one attached hydrogen (secondary N) is 1. The number of rotatable bonds is 12. The molecule has 0 saturated carbocycles. The molecule has 2 fully saturated rings. The number of hydrogen-bond acceptors (Lipinski definition) is 9. The summed E-state index contributed by atoms with van der Waals surface area (Å²) in [4.78, 5) is 57.0. The number of alkyl halides is 2. The van der Waals surface area contributed by atoms with E-state index in [1.807, 2.05) is 21.9 Å². The van der Waals surface area contributed by atoms with E-state index in [1.54, 1.807) is 49.2 Å². The van der Waals surface area contributed by atoms with Gasteiger partial charge in [-0.3, -0.25) is 28.4 Å². The van der Waals surface area contributed by atoms with Crippen LogP contribution in [0.2, 0.25) is 0 Å². The Morgan fingerprint density at radius 1 is 0.969 bits per heavy atom. The van der Waals surface area contributed by atoms with E-state index < -0.39 is 29.2 Å². The minimum absolute atomic E-state index is 0.0182. The van der Waals surface area contributed by atoms with Crippen molar-refractivity contribution in [2.24, 2.45) is 7.05 Å². The summed E-state index contributed by atoms with van der Waals surface area (Å²) < 4.78 is 31.9. The number of hydroxylamine groups is 3. The number of likely N-dealkylation sites (tertiary alicyclic amines) is 1. The zero-order valence-electron chi connectivity index (χ0n) is 36.6. The molecule has 3 unspecified atom stereocenters. The van der Waals surface area contributed by atoms with Gasteiger partial charge in [0.15, 0.2) is 12.0 Å². The first-order valence-corrected chi connectivity index (χ1v) is 22.9. The van der Waals surface area contributed by atoms with Crippen molar-refractivity contribution >= 4 is 35.1 Å². The number of unbranched alkanes of at least 4 members (excludes halogenated alkanes) is 3. The summed E-state index contributed by atoms with van der Waals surface area (Å²) in [6.07, 6.45) is 7.75. The Labute approximate surface area is 371 Å². The lowest BCUT2D eigenvalue weighted by Gasteiger charge is -2.46. The molecule has 0 bridgehead atoms. The van der Waals surface area contributed by atoms with E-state index in [1.165, 1.54) is 0 Å². The Balaban J connectivity index is 0.812. The molecule has 9 rings (SSSR count). The number of quaternary nitrogens is 1. The van der Waals surface area contributed by atoms with Crippen LogP contribution in [0, 0.1) is 5.21 Å². The van der Waals surface area contributed by atoms with Gasteiger partial charge >= 0.3 is 5.91 Å². The number of aliphatic hydroxyl groups is 1. The molecule has 2 saturated heterocycles. The molecule has 5 aliphatic rings. The molecule has 17 heteroatoms. The Morgan fingerprint density at radius 3 is 2.50 bits per heavy atom. The average molecular weight is 882 g/mol. The van der Waals surface area contributed by atoms with Crippen molar-refractivity contribution in [3.8, 4) is 11.1 Å². The molecule has 5 aliphatic heterocycles. The zero-order valence-corrected chi connectivity index (χ0v) is 36.6. The van der Waals surface area contributed by atoms with E-state index in [2.05, 4.69) is 20.0 Å². The number of carbonyl (C=O) groups is 4. The predicted molar refractivity (Wildman–Crippen MR) is 233 cm³/mol. The maximum atomic E-state index is 14.7. The van der Waals surface area contributed by atoms with Gasteiger partial charge in [-0.25, -0.2) is 13.6 Å². The van der Waals surface area contributed by atoms with E-state index in [0.29, 0.717) is 74.5 Å². The molecule has 3 atom stereocenters. The number of aromatic nitrogens is 4. The van der Waals surface area contributed by atoms with Crippen LogP contribution in [0.1, 0.15) is 127 Å². The second-order valence-corrected chi connectivity index (χ2v) is 18.3. The first-order chi connectivity index (χ1) is 30.8. The van der Waals surface area contributed by atoms with Gasteiger partial charge in [-0.05, 0) is 79.8 Å². The van der Waals surface area contributed by atoms with Gasteiger partial charge in [-0.1, -0.05) is 25.0 Å². The summed E-state index contributed by atoms with van der Waals surface area (Å²) in [5.41, 5.74) is 6.89. The van der Waals surface area contributed by atoms with E-state index in [0.717, 1.165) is 85.0 Å². The molecule has 4 amide bonds. The number of carbonyl (C=O) groups excluding carboxylic acids is 4. The minimum Gasteiger partial charge on any atom is -0.624 e. The number of aryl methyl sites for hydroxylation is 3. The standard InChI is InChI=1S/C47H57F2N9O6/c1-29(59)55-22-18-39-37(27-55)45(56-19-8-11-31-23-35(32-25-50-53(2)26-32)36(44(48)49)24-40(31)56)52-57(39)33-16-20-54(21-17-33)43(61)13-6-4-3-5-9-30-10-7-12-34-38(30)28-58(64,47(34)63)41-14-15-42(60)51-46(41)62/h7,10,12,23-26,33,41,44,46,62H,3-6,8-9,11,13-22,27-28H2,1-2H3,(H,51,60). The molecule has 2 aromatic heterocycles. The van der Waals surface area contributed by atoms with Gasteiger partial charge in [0, 0.05) is 106 Å². The molecule has 15 nitrogen and oxygen atoms in total. The number of aliphatic hydroxyl groups excluding tert-OH is 1. The van der Waals surface area contributed by atoms with Crippen LogP contribution >= 0.6 is 0 Å². The molecule has 64 heavy (non-hydrogen) atoms. The van der Waals surface area contributed by atoms with Crippen LogP contribution in [0.3, 0.4) is 0 Å². The molecule has 0 spiro atoms. The van der Waals surface area contributed by atoms with Gasteiger partial charge in [-0.2, -0.15) is 10.2 Å². The summed E-state index contributed by atoms with van der Waals surface area (Å²) in [7, 11) is 1.77. The molecule has 0 radical (unpaired) electrons. The highest BCUT2D eigenvalue weighted by Gasteiger charge is 2.49. The van der Waals surface area contributed by atoms with E-state index in [4.69, 9.17) is 5.10 Å². The van der Waals surface area contributed by atoms with Gasteiger partial charge in [0.2, 0.25) is 17.7 Å². The summed E-state index contributed by atoms with van der Waals surface area (Å²) in [5, 5.41) is 36.2. The van der Waals surface area contributed by atoms with Crippen molar-refractivity contribution in [3.63, 3.8) is 0 Å². The van der Waals surface area contributed by atoms with Crippen LogP contribution in [0.25, 0.3) is 11.1 Å². The summed E-state index contributed by atoms with van der Waals surface area (Å²) in [6.45, 7) is 4.32. The fourth-order valence-electron chi connectivity index (χ4n) is 10.8. The monoisotopic (exact) mass is 881 g/mol. The van der Waals surface area contributed by atoms with E-state index in [9.17, 15) is 38.3 Å². The lowest BCUT2D eigenvalue weighted by atomic mass is 9.92. The minimum atomic E-state index is -2.69. The summed E-state index contributed by atoms with van der Waals surface area (Å²) >= 11 is 0. The molecule has 4 aromatic rings. The predicted octanol–water partition coefficient (Wildman–Crippen LogP) is 6.13. The Bertz CT molecular complexity index is 2460. The quantitative estimate of drug-likeness (QED) is 0.0966. The SMILES string of the molecule is CC(=O)N1CCc2c(c(N3CCCc4cc(-c5cnn(C)c5)c(C(F)F)cc43)nn2C2CCN(C(=O)CCCCCCc3cccc4c3C[N+]([O-])(C3CCC(=O)NC3O)C4=O)CC2)C1. The molecule has 2 N–H and O–H groups in total. The van der Waals surface area contributed by atoms with Crippen molar-refractivity contribution in [1.29, 1.82) is 0 Å². The topological polar surface area (TPSA) is 169 Å². The van der Waals surface area contributed by atoms with Crippen LogP contribution in [-0.4, -0.2) is 101 Å². The maximum Gasteiger partial charge on any atom is 0.346 e. The van der Waals surface area contributed by atoms with E-state index >= 15 is 0 Å². The van der Waals surface area contributed by atoms with Crippen molar-refractivity contribution in [3.05, 3.63) is 87.0 Å². The Kier molecular flexibility index (Phi) is 12.2. The molecule has 2 aromatic carbocycles. The van der Waals surface area contributed by atoms with Crippen LogP contribution in [0.4, 0.5) is 20.3 Å². The highest BCUT2D eigenvalue weighted by Crippen LogP contribution is 2.44. The number of piperidine rings is 2. The fraction of sp³-hybridized carbons (Fsp3) is 0.532. The van der Waals surface area contributed by atoms with Crippen molar-refractivity contribution in [2.75, 3.05) is 31.1 Å². The van der Waals surface area contributed by atoms with Gasteiger partial charge in [-0.15, -0.1) is 0 Å². The third-order valence-electron chi connectivity index (χ3n) is 14.3. The maximum absolute atomic E-state index is 14.7. The second kappa shape index (κ2) is 17.8. The van der Waals surface area contributed by atoms with Crippen LogP contribution in [0.5, 0.6) is 0 Å². The normalized spacial score (nSPS) is 22.5. The third kappa shape index (κ3) is 8.21. The average Bonchev–Trinajstić information content (AvgIpc) is 3.97. The Hall–Kier alpha value is -5.52. The fourth-order valence-corrected chi connectivity index (χ4v) is 10.8. The number of fused-ring (bicyclic) bond motifs is 3. The number of nitrogens with zero attached hydrogens (tertiary/aromatic N) is 8. The molecular weight excluding hydrogens is 825 g/mol. The molecule has 0 aliphatic carbocycles. The summed E-state index contributed by atoms with van der Waals surface area (Å²) in [5.74, 6) is -0.0657. The van der Waals surface area contributed by atoms with Crippen LogP contribution in [-0.2, 0) is 53.8 Å². The molecular formula is C47H57F2N9O6. The smallest absolute Gasteiger partial charge is 0.346 e.